The zero-order valence-electron chi connectivity index (χ0n) is 20.0. The van der Waals surface area contributed by atoms with E-state index in [9.17, 15) is 22.0 Å². The molecular weight excluding hydrogens is 490 g/mol. The topological polar surface area (TPSA) is 66.5 Å². The quantitative estimate of drug-likeness (QED) is 0.380. The summed E-state index contributed by atoms with van der Waals surface area (Å²) in [6.45, 7) is 8.11. The van der Waals surface area contributed by atoms with Crippen LogP contribution in [0.5, 0.6) is 0 Å². The Bertz CT molecular complexity index is 1380. The molecule has 2 aromatic carbocycles. The van der Waals surface area contributed by atoms with Crippen LogP contribution >= 0.6 is 11.3 Å². The first kappa shape index (κ1) is 25.3. The minimum atomic E-state index is -4.35. The van der Waals surface area contributed by atoms with Crippen LogP contribution < -0.4 is 9.62 Å². The van der Waals surface area contributed by atoms with E-state index in [1.807, 2.05) is 13.8 Å². The second-order valence-electron chi connectivity index (χ2n) is 8.95. The van der Waals surface area contributed by atoms with E-state index in [0.717, 1.165) is 66.1 Å². The number of hydrogen-bond donors (Lipinski definition) is 1. The number of piperidine rings is 1. The number of anilines is 2. The van der Waals surface area contributed by atoms with E-state index >= 15 is 0 Å². The molecule has 4 rings (SSSR count). The molecule has 1 fully saturated rings. The Labute approximate surface area is 208 Å². The number of halogens is 2. The largest absolute Gasteiger partial charge is 0.371 e. The third kappa shape index (κ3) is 5.26. The highest BCUT2D eigenvalue weighted by Crippen LogP contribution is 2.34. The minimum absolute atomic E-state index is 0.0856. The number of benzene rings is 2. The molecular formula is C26H28F2N2O3S2. The molecule has 186 valence electrons. The first-order chi connectivity index (χ1) is 16.6. The molecule has 0 amide bonds. The van der Waals surface area contributed by atoms with E-state index in [1.54, 1.807) is 5.38 Å². The number of nitrogens with zero attached hydrogens (tertiary/aromatic N) is 1. The number of carbonyl (C=O) groups excluding carboxylic acids is 1. The lowest BCUT2D eigenvalue weighted by Crippen LogP contribution is -2.31. The molecule has 3 aromatic rings. The van der Waals surface area contributed by atoms with Gasteiger partial charge in [0.1, 0.15) is 16.5 Å². The molecule has 0 spiro atoms. The molecule has 0 saturated carbocycles. The first-order valence-electron chi connectivity index (χ1n) is 11.5. The van der Waals surface area contributed by atoms with Gasteiger partial charge in [0, 0.05) is 31.3 Å². The molecule has 9 heteroatoms. The first-order valence-corrected chi connectivity index (χ1v) is 13.9. The van der Waals surface area contributed by atoms with E-state index in [-0.39, 0.29) is 22.8 Å². The fourth-order valence-corrected chi connectivity index (χ4v) is 6.82. The number of hydrogen-bond acceptors (Lipinski definition) is 5. The maximum absolute atomic E-state index is 14.1. The predicted octanol–water partition coefficient (Wildman–Crippen LogP) is 6.17. The lowest BCUT2D eigenvalue weighted by molar-refractivity contribution is 0.0997. The van der Waals surface area contributed by atoms with Gasteiger partial charge in [-0.1, -0.05) is 6.07 Å². The zero-order valence-corrected chi connectivity index (χ0v) is 21.6. The summed E-state index contributed by atoms with van der Waals surface area (Å²) >= 11 is 1.13. The average Bonchev–Trinajstić information content (AvgIpc) is 3.24. The molecule has 0 aliphatic carbocycles. The van der Waals surface area contributed by atoms with E-state index < -0.39 is 26.6 Å². The monoisotopic (exact) mass is 518 g/mol. The molecule has 1 aromatic heterocycles. The number of nitrogens with one attached hydrogen (secondary N) is 1. The second kappa shape index (κ2) is 10.1. The summed E-state index contributed by atoms with van der Waals surface area (Å²) < 4.78 is 55.1. The number of thiophene rings is 1. The highest BCUT2D eigenvalue weighted by molar-refractivity contribution is 7.92. The van der Waals surface area contributed by atoms with Crippen molar-refractivity contribution >= 4 is 38.5 Å². The normalized spacial score (nSPS) is 14.3. The number of sulfonamides is 1. The molecule has 5 nitrogen and oxygen atoms in total. The molecule has 1 aliphatic heterocycles. The van der Waals surface area contributed by atoms with Crippen molar-refractivity contribution in [1.82, 2.24) is 0 Å². The van der Waals surface area contributed by atoms with Crippen LogP contribution in [-0.2, 0) is 16.4 Å². The van der Waals surface area contributed by atoms with Crippen molar-refractivity contribution < 1.29 is 22.0 Å². The lowest BCUT2D eigenvalue weighted by Gasteiger charge is -2.33. The van der Waals surface area contributed by atoms with Crippen LogP contribution in [-0.4, -0.2) is 27.3 Å². The molecule has 0 atom stereocenters. The smallest absolute Gasteiger partial charge is 0.264 e. The Kier molecular flexibility index (Phi) is 7.28. The van der Waals surface area contributed by atoms with Crippen LogP contribution in [0.4, 0.5) is 20.2 Å². The number of carbonyl (C=O) groups is 1. The fraction of sp³-hybridized carbons (Fsp3) is 0.346. The third-order valence-corrected chi connectivity index (χ3v) is 8.80. The van der Waals surface area contributed by atoms with Crippen molar-refractivity contribution in [2.45, 2.75) is 51.3 Å². The van der Waals surface area contributed by atoms with Crippen molar-refractivity contribution in [3.8, 4) is 0 Å². The summed E-state index contributed by atoms with van der Waals surface area (Å²) in [7, 11) is -4.35. The highest BCUT2D eigenvalue weighted by Gasteiger charge is 2.25. The number of ketones is 1. The number of Topliss-reactive ketones (excluding diaryl/α,β-unsaturated/α-hetero) is 1. The van der Waals surface area contributed by atoms with E-state index in [2.05, 4.69) is 22.6 Å². The minimum Gasteiger partial charge on any atom is -0.371 e. The standard InChI is InChI=1S/C26H28F2N2O3S2/c1-16-13-17(2)25(30-10-5-4-6-11-30)18(3)20(16)15-23(31)26-22(9-12-34-26)29-35(32,33)24-8-7-19(27)14-21(24)28/h7-9,12-14,29H,4-6,10-11,15H2,1-3H3. The van der Waals surface area contributed by atoms with E-state index in [4.69, 9.17) is 0 Å². The summed E-state index contributed by atoms with van der Waals surface area (Å²) in [6, 6.07) is 5.83. The summed E-state index contributed by atoms with van der Waals surface area (Å²) in [5.74, 6) is -2.30. The van der Waals surface area contributed by atoms with Crippen LogP contribution in [0, 0.1) is 32.4 Å². The Balaban J connectivity index is 1.61. The maximum atomic E-state index is 14.1. The van der Waals surface area contributed by atoms with Crippen molar-refractivity contribution in [2.75, 3.05) is 22.7 Å². The highest BCUT2D eigenvalue weighted by atomic mass is 32.2. The van der Waals surface area contributed by atoms with Gasteiger partial charge < -0.3 is 4.90 Å². The fourth-order valence-electron chi connectivity index (χ4n) is 4.83. The van der Waals surface area contributed by atoms with Gasteiger partial charge in [0.2, 0.25) is 0 Å². The molecule has 1 saturated heterocycles. The molecule has 0 radical (unpaired) electrons. The Hall–Kier alpha value is -2.78. The van der Waals surface area contributed by atoms with Gasteiger partial charge in [-0.2, -0.15) is 0 Å². The molecule has 0 bridgehead atoms. The summed E-state index contributed by atoms with van der Waals surface area (Å²) in [5, 5.41) is 1.61. The van der Waals surface area contributed by atoms with Crippen LogP contribution in [0.15, 0.2) is 40.6 Å². The van der Waals surface area contributed by atoms with E-state index in [1.165, 1.54) is 23.7 Å². The molecule has 1 aliphatic rings. The van der Waals surface area contributed by atoms with E-state index in [0.29, 0.717) is 6.07 Å². The maximum Gasteiger partial charge on any atom is 0.264 e. The van der Waals surface area contributed by atoms with Crippen LogP contribution in [0.2, 0.25) is 0 Å². The third-order valence-electron chi connectivity index (χ3n) is 6.45. The Morgan fingerprint density at radius 1 is 1.03 bits per heavy atom. The molecule has 35 heavy (non-hydrogen) atoms. The van der Waals surface area contributed by atoms with Crippen molar-refractivity contribution in [3.63, 3.8) is 0 Å². The Morgan fingerprint density at radius 3 is 2.43 bits per heavy atom. The summed E-state index contributed by atoms with van der Waals surface area (Å²) in [6.07, 6.45) is 3.65. The number of rotatable bonds is 7. The molecule has 2 heterocycles. The van der Waals surface area contributed by atoms with Crippen LogP contribution in [0.25, 0.3) is 0 Å². The van der Waals surface area contributed by atoms with Gasteiger partial charge in [0.25, 0.3) is 10.0 Å². The number of aryl methyl sites for hydroxylation is 2. The van der Waals surface area contributed by atoms with Gasteiger partial charge in [0.05, 0.1) is 10.6 Å². The predicted molar refractivity (Wildman–Crippen MR) is 136 cm³/mol. The second-order valence-corrected chi connectivity index (χ2v) is 11.5. The Morgan fingerprint density at radius 2 is 1.74 bits per heavy atom. The van der Waals surface area contributed by atoms with Gasteiger partial charge in [-0.3, -0.25) is 9.52 Å². The summed E-state index contributed by atoms with van der Waals surface area (Å²) in [4.78, 5) is 15.3. The molecule has 1 N–H and O–H groups in total. The van der Waals surface area contributed by atoms with Crippen LogP contribution in [0.3, 0.4) is 0 Å². The van der Waals surface area contributed by atoms with Gasteiger partial charge >= 0.3 is 0 Å². The van der Waals surface area contributed by atoms with Crippen molar-refractivity contribution in [2.24, 2.45) is 0 Å². The van der Waals surface area contributed by atoms with Crippen molar-refractivity contribution in [3.05, 3.63) is 74.5 Å². The van der Waals surface area contributed by atoms with Gasteiger partial charge in [-0.15, -0.1) is 11.3 Å². The zero-order chi connectivity index (χ0) is 25.3. The summed E-state index contributed by atoms with van der Waals surface area (Å²) in [5.41, 5.74) is 5.47. The van der Waals surface area contributed by atoms with Crippen molar-refractivity contribution in [1.29, 1.82) is 0 Å². The van der Waals surface area contributed by atoms with Crippen LogP contribution in [0.1, 0.15) is 51.2 Å². The lowest BCUT2D eigenvalue weighted by atomic mass is 9.92. The average molecular weight is 519 g/mol. The SMILES string of the molecule is Cc1cc(C)c(N2CCCCC2)c(C)c1CC(=O)c1sccc1NS(=O)(=O)c1ccc(F)cc1F. The van der Waals surface area contributed by atoms with Gasteiger partial charge in [-0.25, -0.2) is 17.2 Å². The van der Waals surface area contributed by atoms with Gasteiger partial charge in [0.15, 0.2) is 5.78 Å². The molecule has 0 unspecified atom stereocenters. The van der Waals surface area contributed by atoms with Gasteiger partial charge in [-0.05, 0) is 85.9 Å².